The molecular formula is C23H28ClN9O4. The van der Waals surface area contributed by atoms with Crippen LogP contribution in [0.2, 0.25) is 5.15 Å². The summed E-state index contributed by atoms with van der Waals surface area (Å²) in [4.78, 5) is 49.7. The van der Waals surface area contributed by atoms with E-state index in [4.69, 9.17) is 33.5 Å². The predicted octanol–water partition coefficient (Wildman–Crippen LogP) is -0.158. The molecule has 0 bridgehead atoms. The minimum absolute atomic E-state index is 0.0645. The van der Waals surface area contributed by atoms with Crippen molar-refractivity contribution in [3.8, 4) is 5.75 Å². The highest BCUT2D eigenvalue weighted by Crippen LogP contribution is 2.25. The molecule has 1 aromatic heterocycles. The summed E-state index contributed by atoms with van der Waals surface area (Å²) in [6.07, 6.45) is 2.37. The molecule has 2 saturated heterocycles. The fraction of sp³-hybridized carbons (Fsp3) is 0.391. The molecule has 0 saturated carbocycles. The van der Waals surface area contributed by atoms with Crippen molar-refractivity contribution in [1.82, 2.24) is 25.5 Å². The van der Waals surface area contributed by atoms with Crippen LogP contribution >= 0.6 is 11.6 Å². The zero-order valence-corrected chi connectivity index (χ0v) is 20.8. The lowest BCUT2D eigenvalue weighted by molar-refractivity contribution is -0.132. The first-order valence-electron chi connectivity index (χ1n) is 11.7. The first-order valence-corrected chi connectivity index (χ1v) is 12.0. The normalized spacial score (nSPS) is 17.3. The van der Waals surface area contributed by atoms with Crippen LogP contribution in [-0.2, 0) is 16.0 Å². The van der Waals surface area contributed by atoms with E-state index >= 15 is 0 Å². The maximum atomic E-state index is 12.8. The molecule has 0 atom stereocenters. The van der Waals surface area contributed by atoms with E-state index < -0.39 is 11.8 Å². The van der Waals surface area contributed by atoms with Gasteiger partial charge in [-0.3, -0.25) is 14.4 Å². The number of nitrogens with two attached hydrogens (primary N) is 3. The smallest absolute Gasteiger partial charge is 0.302 e. The predicted molar refractivity (Wildman–Crippen MR) is 137 cm³/mol. The van der Waals surface area contributed by atoms with Gasteiger partial charge in [-0.05, 0) is 37.0 Å². The SMILES string of the molecule is NC(=O)COc1ccc(CCC(=O)N2CCC3(CC2)CN/C(=N\C(=O)c2nc(Cl)c(N)nc2N)N3)cc1. The third kappa shape index (κ3) is 6.36. The van der Waals surface area contributed by atoms with Crippen LogP contribution in [0.25, 0.3) is 0 Å². The first kappa shape index (κ1) is 25.9. The number of likely N-dealkylation sites (tertiary alicyclic amines) is 1. The first-order chi connectivity index (χ1) is 17.6. The van der Waals surface area contributed by atoms with E-state index in [1.807, 2.05) is 17.0 Å². The van der Waals surface area contributed by atoms with Crippen molar-refractivity contribution < 1.29 is 19.1 Å². The van der Waals surface area contributed by atoms with E-state index in [-0.39, 0.29) is 40.5 Å². The van der Waals surface area contributed by atoms with Crippen molar-refractivity contribution in [3.05, 3.63) is 40.7 Å². The Hall–Kier alpha value is -4.13. The van der Waals surface area contributed by atoms with Gasteiger partial charge in [0.05, 0.1) is 5.54 Å². The second kappa shape index (κ2) is 10.9. The van der Waals surface area contributed by atoms with Crippen LogP contribution in [0.5, 0.6) is 5.75 Å². The van der Waals surface area contributed by atoms with E-state index in [2.05, 4.69) is 25.6 Å². The number of aryl methyl sites for hydroxylation is 1. The molecule has 4 rings (SSSR count). The number of nitrogen functional groups attached to an aromatic ring is 2. The molecule has 8 N–H and O–H groups in total. The van der Waals surface area contributed by atoms with E-state index in [9.17, 15) is 14.4 Å². The van der Waals surface area contributed by atoms with Crippen LogP contribution in [0, 0.1) is 0 Å². The van der Waals surface area contributed by atoms with Crippen LogP contribution in [0.1, 0.15) is 35.3 Å². The van der Waals surface area contributed by atoms with Crippen molar-refractivity contribution in [1.29, 1.82) is 0 Å². The standard InChI is InChI=1S/C23H28ClN9O4/c24-18-20(27)30-19(26)17(29-18)21(36)31-22-28-12-23(32-22)7-9-33(10-8-23)16(35)6-3-13-1-4-14(5-2-13)37-11-15(25)34/h1-2,4-5H,3,6-12H2,(H2,25,34)(H4,26,27,30)(H2,28,31,32,36). The number of ether oxygens (including phenoxy) is 1. The Bertz CT molecular complexity index is 1230. The largest absolute Gasteiger partial charge is 0.484 e. The van der Waals surface area contributed by atoms with Crippen LogP contribution in [0.15, 0.2) is 29.3 Å². The molecule has 1 aromatic carbocycles. The molecule has 14 heteroatoms. The molecule has 196 valence electrons. The van der Waals surface area contributed by atoms with Crippen LogP contribution in [0.4, 0.5) is 11.6 Å². The Morgan fingerprint density at radius 3 is 2.49 bits per heavy atom. The third-order valence-electron chi connectivity index (χ3n) is 6.30. The number of aromatic nitrogens is 2. The number of nitrogens with zero attached hydrogens (tertiary/aromatic N) is 4. The summed E-state index contributed by atoms with van der Waals surface area (Å²) < 4.78 is 5.25. The highest BCUT2D eigenvalue weighted by atomic mass is 35.5. The van der Waals surface area contributed by atoms with Gasteiger partial charge < -0.3 is 37.5 Å². The number of primary amides is 1. The second-order valence-corrected chi connectivity index (χ2v) is 9.30. The quantitative estimate of drug-likeness (QED) is 0.320. The number of piperidine rings is 1. The van der Waals surface area contributed by atoms with E-state index in [0.717, 1.165) is 5.56 Å². The number of aliphatic imine (C=N–C) groups is 1. The summed E-state index contributed by atoms with van der Waals surface area (Å²) in [5.74, 6) is -0.517. The Morgan fingerprint density at radius 2 is 1.81 bits per heavy atom. The number of benzene rings is 1. The lowest BCUT2D eigenvalue weighted by Crippen LogP contribution is -2.53. The number of amides is 3. The lowest BCUT2D eigenvalue weighted by Gasteiger charge is -2.38. The number of carbonyl (C=O) groups excluding carboxylic acids is 3. The number of carbonyl (C=O) groups is 3. The summed E-state index contributed by atoms with van der Waals surface area (Å²) >= 11 is 5.85. The van der Waals surface area contributed by atoms with Crippen molar-refractivity contribution in [2.24, 2.45) is 10.7 Å². The van der Waals surface area contributed by atoms with E-state index in [0.29, 0.717) is 57.0 Å². The molecular weight excluding hydrogens is 502 g/mol. The number of halogens is 1. The summed E-state index contributed by atoms with van der Waals surface area (Å²) in [7, 11) is 0. The van der Waals surface area contributed by atoms with Gasteiger partial charge in [-0.25, -0.2) is 9.97 Å². The Kier molecular flexibility index (Phi) is 7.62. The topological polar surface area (TPSA) is 204 Å². The fourth-order valence-corrected chi connectivity index (χ4v) is 4.34. The van der Waals surface area contributed by atoms with Crippen molar-refractivity contribution in [2.75, 3.05) is 37.7 Å². The van der Waals surface area contributed by atoms with Crippen molar-refractivity contribution >= 4 is 46.9 Å². The van der Waals surface area contributed by atoms with Gasteiger partial charge in [0, 0.05) is 26.1 Å². The summed E-state index contributed by atoms with van der Waals surface area (Å²) in [6.45, 7) is 1.55. The number of nitrogens with one attached hydrogen (secondary N) is 2. The molecule has 2 fully saturated rings. The molecule has 3 amide bonds. The van der Waals surface area contributed by atoms with Gasteiger partial charge in [-0.1, -0.05) is 23.7 Å². The summed E-state index contributed by atoms with van der Waals surface area (Å²) in [6, 6.07) is 7.23. The van der Waals surface area contributed by atoms with Gasteiger partial charge in [0.25, 0.3) is 5.91 Å². The average molecular weight is 530 g/mol. The van der Waals surface area contributed by atoms with Crippen molar-refractivity contribution in [2.45, 2.75) is 31.2 Å². The summed E-state index contributed by atoms with van der Waals surface area (Å²) in [5.41, 5.74) is 16.9. The zero-order valence-electron chi connectivity index (χ0n) is 20.0. The van der Waals surface area contributed by atoms with Gasteiger partial charge in [-0.2, -0.15) is 4.99 Å². The molecule has 13 nitrogen and oxygen atoms in total. The molecule has 2 aromatic rings. The van der Waals surface area contributed by atoms with Gasteiger partial charge in [0.1, 0.15) is 5.75 Å². The summed E-state index contributed by atoms with van der Waals surface area (Å²) in [5, 5.41) is 6.27. The van der Waals surface area contributed by atoms with Crippen LogP contribution in [0.3, 0.4) is 0 Å². The van der Waals surface area contributed by atoms with Gasteiger partial charge in [0.2, 0.25) is 5.91 Å². The Balaban J connectivity index is 1.26. The molecule has 0 aliphatic carbocycles. The molecule has 3 heterocycles. The molecule has 0 radical (unpaired) electrons. The highest BCUT2D eigenvalue weighted by Gasteiger charge is 2.40. The Labute approximate surface area is 217 Å². The minimum Gasteiger partial charge on any atom is -0.484 e. The highest BCUT2D eigenvalue weighted by molar-refractivity contribution is 6.31. The van der Waals surface area contributed by atoms with Crippen LogP contribution in [-0.4, -0.2) is 70.3 Å². The second-order valence-electron chi connectivity index (χ2n) is 8.94. The number of guanidine groups is 1. The molecule has 2 aliphatic heterocycles. The fourth-order valence-electron chi connectivity index (χ4n) is 4.22. The average Bonchev–Trinajstić information content (AvgIpc) is 3.25. The molecule has 1 spiro atoms. The van der Waals surface area contributed by atoms with E-state index in [1.54, 1.807) is 12.1 Å². The lowest BCUT2D eigenvalue weighted by atomic mass is 9.88. The monoisotopic (exact) mass is 529 g/mol. The number of hydrogen-bond donors (Lipinski definition) is 5. The van der Waals surface area contributed by atoms with E-state index in [1.165, 1.54) is 0 Å². The number of anilines is 2. The van der Waals surface area contributed by atoms with Gasteiger partial charge >= 0.3 is 5.91 Å². The minimum atomic E-state index is -0.695. The van der Waals surface area contributed by atoms with Crippen LogP contribution < -0.4 is 32.6 Å². The number of hydrogen-bond acceptors (Lipinski definition) is 8. The third-order valence-corrected chi connectivity index (χ3v) is 6.58. The molecule has 37 heavy (non-hydrogen) atoms. The maximum absolute atomic E-state index is 12.8. The van der Waals surface area contributed by atoms with Gasteiger partial charge in [-0.15, -0.1) is 0 Å². The van der Waals surface area contributed by atoms with Crippen molar-refractivity contribution in [3.63, 3.8) is 0 Å². The molecule has 0 unspecified atom stereocenters. The maximum Gasteiger partial charge on any atom is 0.302 e. The Morgan fingerprint density at radius 1 is 1.11 bits per heavy atom. The zero-order chi connectivity index (χ0) is 26.6. The number of rotatable bonds is 7. The molecule has 2 aliphatic rings. The van der Waals surface area contributed by atoms with Gasteiger partial charge in [0.15, 0.2) is 35.0 Å².